The maximum Gasteiger partial charge on any atom is 0.233 e. The zero-order valence-electron chi connectivity index (χ0n) is 13.8. The highest BCUT2D eigenvalue weighted by Crippen LogP contribution is 2.20. The highest BCUT2D eigenvalue weighted by molar-refractivity contribution is 8.00. The summed E-state index contributed by atoms with van der Waals surface area (Å²) in [5, 5.41) is 15.1. The van der Waals surface area contributed by atoms with Crippen molar-refractivity contribution in [2.24, 2.45) is 5.92 Å². The van der Waals surface area contributed by atoms with Crippen molar-refractivity contribution >= 4 is 17.7 Å². The van der Waals surface area contributed by atoms with E-state index in [2.05, 4.69) is 46.8 Å². The van der Waals surface area contributed by atoms with E-state index < -0.39 is 0 Å². The fourth-order valence-electron chi connectivity index (χ4n) is 2.07. The first-order valence-corrected chi connectivity index (χ1v) is 8.68. The summed E-state index contributed by atoms with van der Waals surface area (Å²) in [4.78, 5) is 12.2. The fraction of sp³-hybridized carbons (Fsp3) is 0.500. The van der Waals surface area contributed by atoms with Crippen molar-refractivity contribution in [2.45, 2.75) is 44.1 Å². The van der Waals surface area contributed by atoms with E-state index in [1.165, 1.54) is 17.3 Å². The van der Waals surface area contributed by atoms with Gasteiger partial charge in [-0.2, -0.15) is 0 Å². The SMILES string of the molecule is CC(C)Cn1nnnc1SC(C)C(=O)NCCc1ccccc1. The molecule has 1 heterocycles. The third kappa shape index (κ3) is 5.67. The van der Waals surface area contributed by atoms with E-state index >= 15 is 0 Å². The van der Waals surface area contributed by atoms with Crippen LogP contribution in [0.4, 0.5) is 0 Å². The van der Waals surface area contributed by atoms with Gasteiger partial charge in [-0.3, -0.25) is 4.79 Å². The van der Waals surface area contributed by atoms with E-state index in [1.54, 1.807) is 4.68 Å². The standard InChI is InChI=1S/C16H23N5OS/c1-12(2)11-21-16(18-19-20-21)23-13(3)15(22)17-10-9-14-7-5-4-6-8-14/h4-8,12-13H,9-11H2,1-3H3,(H,17,22). The second-order valence-electron chi connectivity index (χ2n) is 5.82. The zero-order chi connectivity index (χ0) is 16.7. The van der Waals surface area contributed by atoms with Crippen molar-refractivity contribution in [1.29, 1.82) is 0 Å². The normalized spacial score (nSPS) is 12.3. The van der Waals surface area contributed by atoms with E-state index in [0.717, 1.165) is 13.0 Å². The summed E-state index contributed by atoms with van der Waals surface area (Å²) < 4.78 is 1.75. The Balaban J connectivity index is 1.80. The molecule has 1 aromatic carbocycles. The van der Waals surface area contributed by atoms with Crippen LogP contribution in [0.2, 0.25) is 0 Å². The van der Waals surface area contributed by atoms with Gasteiger partial charge in [0.2, 0.25) is 11.1 Å². The molecule has 0 saturated heterocycles. The number of hydrogen-bond donors (Lipinski definition) is 1. The molecule has 2 aromatic rings. The number of nitrogens with one attached hydrogen (secondary N) is 1. The predicted octanol–water partition coefficient (Wildman–Crippen LogP) is 2.17. The second-order valence-corrected chi connectivity index (χ2v) is 7.13. The number of benzene rings is 1. The monoisotopic (exact) mass is 333 g/mol. The van der Waals surface area contributed by atoms with Crippen LogP contribution in [-0.4, -0.2) is 37.9 Å². The van der Waals surface area contributed by atoms with Gasteiger partial charge in [0.25, 0.3) is 0 Å². The topological polar surface area (TPSA) is 72.7 Å². The van der Waals surface area contributed by atoms with E-state index in [0.29, 0.717) is 17.6 Å². The van der Waals surface area contributed by atoms with Crippen LogP contribution in [0.25, 0.3) is 0 Å². The average molecular weight is 333 g/mol. The number of nitrogens with zero attached hydrogens (tertiary/aromatic N) is 4. The van der Waals surface area contributed by atoms with Gasteiger partial charge in [0.05, 0.1) is 5.25 Å². The third-order valence-corrected chi connectivity index (χ3v) is 4.32. The van der Waals surface area contributed by atoms with Crippen molar-refractivity contribution in [1.82, 2.24) is 25.5 Å². The Morgan fingerprint density at radius 2 is 2.00 bits per heavy atom. The quantitative estimate of drug-likeness (QED) is 0.750. The maximum atomic E-state index is 12.2. The number of tetrazole rings is 1. The van der Waals surface area contributed by atoms with Crippen molar-refractivity contribution in [3.8, 4) is 0 Å². The molecular weight excluding hydrogens is 310 g/mol. The van der Waals surface area contributed by atoms with Crippen LogP contribution in [0.3, 0.4) is 0 Å². The summed E-state index contributed by atoms with van der Waals surface area (Å²) in [6.45, 7) is 7.46. The number of amides is 1. The van der Waals surface area contributed by atoms with E-state index in [1.807, 2.05) is 25.1 Å². The Morgan fingerprint density at radius 3 is 2.70 bits per heavy atom. The van der Waals surface area contributed by atoms with Crippen molar-refractivity contribution in [3.05, 3.63) is 35.9 Å². The molecule has 0 fully saturated rings. The molecule has 0 spiro atoms. The minimum Gasteiger partial charge on any atom is -0.355 e. The van der Waals surface area contributed by atoms with Crippen LogP contribution in [0.1, 0.15) is 26.3 Å². The van der Waals surface area contributed by atoms with Gasteiger partial charge < -0.3 is 5.32 Å². The highest BCUT2D eigenvalue weighted by Gasteiger charge is 2.18. The zero-order valence-corrected chi connectivity index (χ0v) is 14.6. The first kappa shape index (κ1) is 17.5. The van der Waals surface area contributed by atoms with Crippen LogP contribution in [0.15, 0.2) is 35.5 Å². The van der Waals surface area contributed by atoms with Crippen molar-refractivity contribution in [2.75, 3.05) is 6.54 Å². The van der Waals surface area contributed by atoms with Gasteiger partial charge in [-0.15, -0.1) is 5.10 Å². The van der Waals surface area contributed by atoms with Gasteiger partial charge in [0.15, 0.2) is 0 Å². The van der Waals surface area contributed by atoms with Crippen LogP contribution in [-0.2, 0) is 17.8 Å². The molecule has 0 aliphatic carbocycles. The Morgan fingerprint density at radius 1 is 1.26 bits per heavy atom. The summed E-state index contributed by atoms with van der Waals surface area (Å²) in [7, 11) is 0. The first-order chi connectivity index (χ1) is 11.1. The van der Waals surface area contributed by atoms with Gasteiger partial charge >= 0.3 is 0 Å². The van der Waals surface area contributed by atoms with E-state index in [-0.39, 0.29) is 11.2 Å². The smallest absolute Gasteiger partial charge is 0.233 e. The van der Waals surface area contributed by atoms with Crippen LogP contribution in [0, 0.1) is 5.92 Å². The molecule has 1 atom stereocenters. The van der Waals surface area contributed by atoms with Crippen molar-refractivity contribution in [3.63, 3.8) is 0 Å². The van der Waals surface area contributed by atoms with Crippen molar-refractivity contribution < 1.29 is 4.79 Å². The fourth-order valence-corrected chi connectivity index (χ4v) is 2.89. The highest BCUT2D eigenvalue weighted by atomic mass is 32.2. The van der Waals surface area contributed by atoms with Crippen LogP contribution < -0.4 is 5.32 Å². The molecule has 6 nitrogen and oxygen atoms in total. The minimum atomic E-state index is -0.234. The van der Waals surface area contributed by atoms with E-state index in [4.69, 9.17) is 0 Å². The summed E-state index contributed by atoms with van der Waals surface area (Å²) in [5.74, 6) is 0.456. The lowest BCUT2D eigenvalue weighted by atomic mass is 10.1. The second kappa shape index (κ2) is 8.67. The number of thioether (sulfide) groups is 1. The van der Waals surface area contributed by atoms with Gasteiger partial charge in [-0.25, -0.2) is 4.68 Å². The lowest BCUT2D eigenvalue weighted by Gasteiger charge is -2.12. The molecule has 7 heteroatoms. The van der Waals surface area contributed by atoms with Gasteiger partial charge in [-0.05, 0) is 35.3 Å². The number of aromatic nitrogens is 4. The van der Waals surface area contributed by atoms with Crippen LogP contribution in [0.5, 0.6) is 0 Å². The molecule has 1 amide bonds. The van der Waals surface area contributed by atoms with Gasteiger partial charge in [0.1, 0.15) is 0 Å². The van der Waals surface area contributed by atoms with Crippen LogP contribution >= 0.6 is 11.8 Å². The van der Waals surface area contributed by atoms with E-state index in [9.17, 15) is 4.79 Å². The first-order valence-electron chi connectivity index (χ1n) is 7.80. The lowest BCUT2D eigenvalue weighted by molar-refractivity contribution is -0.120. The molecule has 23 heavy (non-hydrogen) atoms. The van der Waals surface area contributed by atoms with Gasteiger partial charge in [0, 0.05) is 13.1 Å². The summed E-state index contributed by atoms with van der Waals surface area (Å²) in [6.07, 6.45) is 0.828. The molecule has 2 rings (SSSR count). The Labute approximate surface area is 141 Å². The molecule has 1 N–H and O–H groups in total. The molecular formula is C16H23N5OS. The molecule has 1 aromatic heterocycles. The molecule has 0 bridgehead atoms. The molecule has 0 radical (unpaired) electrons. The third-order valence-electron chi connectivity index (χ3n) is 3.24. The molecule has 0 aliphatic rings. The average Bonchev–Trinajstić information content (AvgIpc) is 2.94. The summed E-state index contributed by atoms with van der Waals surface area (Å²) >= 11 is 1.39. The molecule has 1 unspecified atom stereocenters. The largest absolute Gasteiger partial charge is 0.355 e. The van der Waals surface area contributed by atoms with Gasteiger partial charge in [-0.1, -0.05) is 55.9 Å². The molecule has 0 aliphatic heterocycles. The summed E-state index contributed by atoms with van der Waals surface area (Å²) in [6, 6.07) is 10.1. The molecule has 124 valence electrons. The molecule has 0 saturated carbocycles. The predicted molar refractivity (Wildman–Crippen MR) is 91.1 cm³/mol. The Kier molecular flexibility index (Phi) is 6.58. The maximum absolute atomic E-state index is 12.2. The number of hydrogen-bond acceptors (Lipinski definition) is 5. The Hall–Kier alpha value is -1.89. The summed E-state index contributed by atoms with van der Waals surface area (Å²) in [5.41, 5.74) is 1.22. The lowest BCUT2D eigenvalue weighted by Crippen LogP contribution is -2.32. The number of carbonyl (C=O) groups excluding carboxylic acids is 1. The number of carbonyl (C=O) groups is 1. The number of rotatable bonds is 8. The Bertz CT molecular complexity index is 614. The minimum absolute atomic E-state index is 0.00466.